The summed E-state index contributed by atoms with van der Waals surface area (Å²) in [4.78, 5) is 14.8. The van der Waals surface area contributed by atoms with Gasteiger partial charge in [0.2, 0.25) is 0 Å². The van der Waals surface area contributed by atoms with E-state index in [-0.39, 0.29) is 0 Å². The third-order valence-corrected chi connectivity index (χ3v) is 2.36. The minimum absolute atomic E-state index is 0.347. The lowest BCUT2D eigenvalue weighted by molar-refractivity contribution is 0.112. The number of hydrogen-bond donors (Lipinski definition) is 1. The average Bonchev–Trinajstić information content (AvgIpc) is 2.71. The fourth-order valence-corrected chi connectivity index (χ4v) is 1.67. The molecule has 1 aliphatic rings. The van der Waals surface area contributed by atoms with Gasteiger partial charge in [0, 0.05) is 17.8 Å². The van der Waals surface area contributed by atoms with Gasteiger partial charge in [-0.2, -0.15) is 0 Å². The van der Waals surface area contributed by atoms with Crippen molar-refractivity contribution in [1.29, 1.82) is 0 Å². The molecule has 0 amide bonds. The van der Waals surface area contributed by atoms with E-state index in [0.717, 1.165) is 24.9 Å². The van der Waals surface area contributed by atoms with Crippen LogP contribution in [0.15, 0.2) is 18.3 Å². The monoisotopic (exact) mass is 176 g/mol. The zero-order valence-electron chi connectivity index (χ0n) is 7.36. The summed E-state index contributed by atoms with van der Waals surface area (Å²) in [6, 6.07) is 3.93. The minimum Gasteiger partial charge on any atom is -0.309 e. The van der Waals surface area contributed by atoms with Gasteiger partial charge in [0.05, 0.1) is 5.69 Å². The van der Waals surface area contributed by atoms with Crippen LogP contribution in [0.25, 0.3) is 0 Å². The molecule has 1 aromatic rings. The fourth-order valence-electron chi connectivity index (χ4n) is 1.67. The molecule has 0 radical (unpaired) electrons. The summed E-state index contributed by atoms with van der Waals surface area (Å²) in [7, 11) is 0. The predicted molar refractivity (Wildman–Crippen MR) is 49.6 cm³/mol. The van der Waals surface area contributed by atoms with Crippen LogP contribution >= 0.6 is 0 Å². The lowest BCUT2D eigenvalue weighted by Gasteiger charge is -2.08. The Morgan fingerprint density at radius 1 is 1.62 bits per heavy atom. The van der Waals surface area contributed by atoms with Crippen LogP contribution in [0.2, 0.25) is 0 Å². The number of nitrogens with zero attached hydrogens (tertiary/aromatic N) is 1. The Bertz CT molecular complexity index is 306. The second-order valence-electron chi connectivity index (χ2n) is 3.28. The van der Waals surface area contributed by atoms with Gasteiger partial charge < -0.3 is 5.32 Å². The number of carbonyl (C=O) groups is 1. The van der Waals surface area contributed by atoms with Gasteiger partial charge in [0.15, 0.2) is 0 Å². The van der Waals surface area contributed by atoms with Gasteiger partial charge in [0.1, 0.15) is 6.29 Å². The highest BCUT2D eigenvalue weighted by Crippen LogP contribution is 2.21. The maximum absolute atomic E-state index is 10.5. The molecule has 1 atom stereocenters. The molecule has 1 aromatic heterocycles. The van der Waals surface area contributed by atoms with Crippen LogP contribution in [0.1, 0.15) is 34.9 Å². The lowest BCUT2D eigenvalue weighted by Crippen LogP contribution is -2.14. The first-order chi connectivity index (χ1) is 6.40. The van der Waals surface area contributed by atoms with Crippen molar-refractivity contribution in [2.24, 2.45) is 0 Å². The largest absolute Gasteiger partial charge is 0.309 e. The first kappa shape index (κ1) is 8.38. The van der Waals surface area contributed by atoms with Gasteiger partial charge in [0.25, 0.3) is 0 Å². The van der Waals surface area contributed by atoms with Crippen molar-refractivity contribution in [3.63, 3.8) is 0 Å². The van der Waals surface area contributed by atoms with Crippen molar-refractivity contribution in [2.45, 2.75) is 18.9 Å². The number of aldehydes is 1. The first-order valence-electron chi connectivity index (χ1n) is 4.54. The van der Waals surface area contributed by atoms with Gasteiger partial charge >= 0.3 is 0 Å². The second-order valence-corrected chi connectivity index (χ2v) is 3.28. The predicted octanol–water partition coefficient (Wildman–Crippen LogP) is 1.32. The molecule has 3 heteroatoms. The molecule has 1 saturated heterocycles. The van der Waals surface area contributed by atoms with Gasteiger partial charge in [-0.1, -0.05) is 0 Å². The van der Waals surface area contributed by atoms with Crippen molar-refractivity contribution < 1.29 is 4.79 Å². The molecule has 68 valence electrons. The van der Waals surface area contributed by atoms with Crippen molar-refractivity contribution in [1.82, 2.24) is 10.3 Å². The highest BCUT2D eigenvalue weighted by molar-refractivity contribution is 5.74. The second kappa shape index (κ2) is 3.66. The Morgan fingerprint density at radius 2 is 2.54 bits per heavy atom. The van der Waals surface area contributed by atoms with Crippen LogP contribution in [0.3, 0.4) is 0 Å². The standard InChI is InChI=1S/C10H12N2O/c13-7-8-3-5-12-10(6-8)9-2-1-4-11-9/h3,5-7,9,11H,1-2,4H2. The summed E-state index contributed by atoms with van der Waals surface area (Å²) < 4.78 is 0. The molecule has 0 bridgehead atoms. The smallest absolute Gasteiger partial charge is 0.150 e. The van der Waals surface area contributed by atoms with E-state index in [1.165, 1.54) is 6.42 Å². The first-order valence-corrected chi connectivity index (χ1v) is 4.54. The highest BCUT2D eigenvalue weighted by Gasteiger charge is 2.17. The fraction of sp³-hybridized carbons (Fsp3) is 0.400. The molecule has 1 fully saturated rings. The Morgan fingerprint density at radius 3 is 3.23 bits per heavy atom. The number of carbonyl (C=O) groups excluding carboxylic acids is 1. The molecule has 13 heavy (non-hydrogen) atoms. The van der Waals surface area contributed by atoms with Crippen LogP contribution in [-0.2, 0) is 0 Å². The van der Waals surface area contributed by atoms with Crippen LogP contribution in [-0.4, -0.2) is 17.8 Å². The van der Waals surface area contributed by atoms with Gasteiger partial charge in [-0.3, -0.25) is 9.78 Å². The summed E-state index contributed by atoms with van der Waals surface area (Å²) >= 11 is 0. The molecule has 0 aliphatic carbocycles. The van der Waals surface area contributed by atoms with E-state index in [0.29, 0.717) is 11.6 Å². The van der Waals surface area contributed by atoms with Gasteiger partial charge in [-0.05, 0) is 31.5 Å². The molecule has 0 saturated carbocycles. The number of rotatable bonds is 2. The summed E-state index contributed by atoms with van der Waals surface area (Å²) in [5, 5.41) is 3.35. The Labute approximate surface area is 77.2 Å². The van der Waals surface area contributed by atoms with Crippen LogP contribution in [0, 0.1) is 0 Å². The van der Waals surface area contributed by atoms with E-state index in [4.69, 9.17) is 0 Å². The molecule has 1 aliphatic heterocycles. The molecular weight excluding hydrogens is 164 g/mol. The molecule has 2 rings (SSSR count). The molecule has 1 unspecified atom stereocenters. The maximum atomic E-state index is 10.5. The van der Waals surface area contributed by atoms with Crippen molar-refractivity contribution in [2.75, 3.05) is 6.54 Å². The number of nitrogens with one attached hydrogen (secondary N) is 1. The number of pyridine rings is 1. The summed E-state index contributed by atoms with van der Waals surface area (Å²) in [5.41, 5.74) is 1.70. The average molecular weight is 176 g/mol. The quantitative estimate of drug-likeness (QED) is 0.691. The summed E-state index contributed by atoms with van der Waals surface area (Å²) in [5.74, 6) is 0. The minimum atomic E-state index is 0.347. The Hall–Kier alpha value is -1.22. The summed E-state index contributed by atoms with van der Waals surface area (Å²) in [6.07, 6.45) is 4.87. The van der Waals surface area contributed by atoms with E-state index in [2.05, 4.69) is 10.3 Å². The van der Waals surface area contributed by atoms with Crippen molar-refractivity contribution >= 4 is 6.29 Å². The number of aromatic nitrogens is 1. The lowest BCUT2D eigenvalue weighted by atomic mass is 10.1. The summed E-state index contributed by atoms with van der Waals surface area (Å²) in [6.45, 7) is 1.05. The molecule has 0 aromatic carbocycles. The zero-order valence-corrected chi connectivity index (χ0v) is 7.36. The van der Waals surface area contributed by atoms with E-state index in [1.54, 1.807) is 12.3 Å². The normalized spacial score (nSPS) is 21.7. The Kier molecular flexibility index (Phi) is 2.36. The third-order valence-electron chi connectivity index (χ3n) is 2.36. The van der Waals surface area contributed by atoms with Crippen LogP contribution in [0.5, 0.6) is 0 Å². The molecule has 1 N–H and O–H groups in total. The van der Waals surface area contributed by atoms with Gasteiger partial charge in [-0.15, -0.1) is 0 Å². The van der Waals surface area contributed by atoms with Crippen molar-refractivity contribution in [3.8, 4) is 0 Å². The third kappa shape index (κ3) is 1.75. The molecule has 0 spiro atoms. The zero-order chi connectivity index (χ0) is 9.10. The van der Waals surface area contributed by atoms with Gasteiger partial charge in [-0.25, -0.2) is 0 Å². The van der Waals surface area contributed by atoms with E-state index in [1.807, 2.05) is 6.07 Å². The van der Waals surface area contributed by atoms with Crippen LogP contribution < -0.4 is 5.32 Å². The molecular formula is C10H12N2O. The van der Waals surface area contributed by atoms with Crippen molar-refractivity contribution in [3.05, 3.63) is 29.6 Å². The highest BCUT2D eigenvalue weighted by atomic mass is 16.1. The topological polar surface area (TPSA) is 42.0 Å². The molecule has 3 nitrogen and oxygen atoms in total. The maximum Gasteiger partial charge on any atom is 0.150 e. The van der Waals surface area contributed by atoms with Crippen LogP contribution in [0.4, 0.5) is 0 Å². The molecule has 2 heterocycles. The van der Waals surface area contributed by atoms with E-state index < -0.39 is 0 Å². The number of hydrogen-bond acceptors (Lipinski definition) is 3. The Balaban J connectivity index is 2.23. The van der Waals surface area contributed by atoms with E-state index in [9.17, 15) is 4.79 Å². The SMILES string of the molecule is O=Cc1ccnc(C2CCCN2)c1. The van der Waals surface area contributed by atoms with E-state index >= 15 is 0 Å².